The molecule has 2 amide bonds. The Morgan fingerprint density at radius 3 is 2.64 bits per heavy atom. The monoisotopic (exact) mass is 504 g/mol. The van der Waals surface area contributed by atoms with Gasteiger partial charge >= 0.3 is 0 Å². The number of nitrogens with zero attached hydrogens (tertiary/aromatic N) is 4. The number of hydrogen-bond donors (Lipinski definition) is 2. The van der Waals surface area contributed by atoms with Crippen molar-refractivity contribution in [1.29, 1.82) is 0 Å². The van der Waals surface area contributed by atoms with Gasteiger partial charge in [0.05, 0.1) is 22.0 Å². The highest BCUT2D eigenvalue weighted by Gasteiger charge is 2.25. The van der Waals surface area contributed by atoms with Gasteiger partial charge < -0.3 is 10.2 Å². The van der Waals surface area contributed by atoms with Gasteiger partial charge in [-0.25, -0.2) is 14.4 Å². The van der Waals surface area contributed by atoms with E-state index in [0.717, 1.165) is 61.2 Å². The molecule has 3 aromatic rings. The SMILES string of the molecule is O=C1NC(=O)/C(=C/c2ccnc(N3CCC(CNCc4cccc(-c5ccc(F)cc5)n4)CC3)n2)S1. The summed E-state index contributed by atoms with van der Waals surface area (Å²) < 4.78 is 13.2. The maximum atomic E-state index is 13.2. The third-order valence-corrected chi connectivity index (χ3v) is 6.98. The van der Waals surface area contributed by atoms with Gasteiger partial charge in [0.25, 0.3) is 11.1 Å². The van der Waals surface area contributed by atoms with Crippen molar-refractivity contribution in [3.8, 4) is 11.3 Å². The van der Waals surface area contributed by atoms with E-state index in [9.17, 15) is 14.0 Å². The van der Waals surface area contributed by atoms with E-state index in [1.54, 1.807) is 30.5 Å². The summed E-state index contributed by atoms with van der Waals surface area (Å²) in [6.45, 7) is 3.25. The molecule has 36 heavy (non-hydrogen) atoms. The Kier molecular flexibility index (Phi) is 7.33. The minimum Gasteiger partial charge on any atom is -0.341 e. The molecule has 0 radical (unpaired) electrons. The van der Waals surface area contributed by atoms with Crippen LogP contribution in [0.4, 0.5) is 15.1 Å². The largest absolute Gasteiger partial charge is 0.341 e. The summed E-state index contributed by atoms with van der Waals surface area (Å²) >= 11 is 0.879. The van der Waals surface area contributed by atoms with Gasteiger partial charge in [-0.3, -0.25) is 19.9 Å². The molecule has 2 aromatic heterocycles. The second-order valence-corrected chi connectivity index (χ2v) is 9.73. The Morgan fingerprint density at radius 1 is 1.08 bits per heavy atom. The lowest BCUT2D eigenvalue weighted by molar-refractivity contribution is -0.115. The third-order valence-electron chi connectivity index (χ3n) is 6.17. The van der Waals surface area contributed by atoms with Crippen LogP contribution in [0.2, 0.25) is 0 Å². The Morgan fingerprint density at radius 2 is 1.89 bits per heavy atom. The molecule has 1 aromatic carbocycles. The van der Waals surface area contributed by atoms with Crippen LogP contribution in [0.25, 0.3) is 17.3 Å². The highest BCUT2D eigenvalue weighted by atomic mass is 32.2. The second kappa shape index (κ2) is 11.0. The van der Waals surface area contributed by atoms with Crippen LogP contribution >= 0.6 is 11.8 Å². The lowest BCUT2D eigenvalue weighted by atomic mass is 9.97. The number of aromatic nitrogens is 3. The first kappa shape index (κ1) is 24.1. The standard InChI is InChI=1S/C26H25FN6O2S/c27-19-6-4-18(5-7-19)22-3-1-2-21(30-22)16-28-15-17-9-12-33(13-10-17)25-29-11-8-20(31-25)14-23-24(34)32-26(35)36-23/h1-8,11,14,17,28H,9-10,12-13,15-16H2,(H,32,34,35)/b23-14-. The Balaban J connectivity index is 1.11. The zero-order valence-corrected chi connectivity index (χ0v) is 20.3. The molecule has 8 nitrogen and oxygen atoms in total. The fourth-order valence-corrected chi connectivity index (χ4v) is 4.92. The second-order valence-electron chi connectivity index (χ2n) is 8.72. The molecule has 184 valence electrons. The van der Waals surface area contributed by atoms with Crippen LogP contribution in [0.15, 0.2) is 59.6 Å². The molecule has 2 N–H and O–H groups in total. The van der Waals surface area contributed by atoms with Crippen LogP contribution in [0.5, 0.6) is 0 Å². The number of amides is 2. The van der Waals surface area contributed by atoms with Gasteiger partial charge in [-0.05, 0) is 85.6 Å². The normalized spacial score (nSPS) is 17.6. The van der Waals surface area contributed by atoms with Crippen molar-refractivity contribution in [3.05, 3.63) is 76.8 Å². The van der Waals surface area contributed by atoms with E-state index in [1.807, 2.05) is 18.2 Å². The molecule has 0 bridgehead atoms. The number of nitrogens with one attached hydrogen (secondary N) is 2. The zero-order chi connectivity index (χ0) is 24.9. The van der Waals surface area contributed by atoms with Crippen LogP contribution in [-0.4, -0.2) is 45.7 Å². The fraction of sp³-hybridized carbons (Fsp3) is 0.269. The van der Waals surface area contributed by atoms with Crippen molar-refractivity contribution in [3.63, 3.8) is 0 Å². The summed E-state index contributed by atoms with van der Waals surface area (Å²) in [5.41, 5.74) is 3.28. The number of carbonyl (C=O) groups excluding carboxylic acids is 2. The van der Waals surface area contributed by atoms with Gasteiger partial charge in [0.2, 0.25) is 5.95 Å². The van der Waals surface area contributed by atoms with Crippen LogP contribution in [0.1, 0.15) is 24.2 Å². The summed E-state index contributed by atoms with van der Waals surface area (Å²) in [5.74, 6) is 0.522. The predicted octanol–water partition coefficient (Wildman–Crippen LogP) is 4.01. The minimum absolute atomic E-state index is 0.255. The number of carbonyl (C=O) groups is 2. The maximum absolute atomic E-state index is 13.2. The van der Waals surface area contributed by atoms with Gasteiger partial charge in [0.1, 0.15) is 5.82 Å². The van der Waals surface area contributed by atoms with Crippen molar-refractivity contribution in [1.82, 2.24) is 25.6 Å². The highest BCUT2D eigenvalue weighted by molar-refractivity contribution is 8.18. The Hall–Kier alpha value is -3.63. The van der Waals surface area contributed by atoms with Gasteiger partial charge in [-0.2, -0.15) is 0 Å². The molecular formula is C26H25FN6O2S. The van der Waals surface area contributed by atoms with Gasteiger partial charge in [-0.15, -0.1) is 0 Å². The van der Waals surface area contributed by atoms with Gasteiger partial charge in [0, 0.05) is 31.4 Å². The topological polar surface area (TPSA) is 100 Å². The van der Waals surface area contributed by atoms with E-state index < -0.39 is 5.91 Å². The number of halogens is 1. The molecule has 0 atom stereocenters. The van der Waals surface area contributed by atoms with E-state index in [-0.39, 0.29) is 11.1 Å². The lowest BCUT2D eigenvalue weighted by Crippen LogP contribution is -2.38. The number of benzene rings is 1. The van der Waals surface area contributed by atoms with Crippen LogP contribution < -0.4 is 15.5 Å². The van der Waals surface area contributed by atoms with Gasteiger partial charge in [0.15, 0.2) is 0 Å². The highest BCUT2D eigenvalue weighted by Crippen LogP contribution is 2.26. The summed E-state index contributed by atoms with van der Waals surface area (Å²) in [6, 6.07) is 14.0. The number of imide groups is 1. The quantitative estimate of drug-likeness (QED) is 0.466. The predicted molar refractivity (Wildman–Crippen MR) is 137 cm³/mol. The summed E-state index contributed by atoms with van der Waals surface area (Å²) in [7, 11) is 0. The molecule has 0 unspecified atom stereocenters. The molecule has 2 aliphatic rings. The molecular weight excluding hydrogens is 479 g/mol. The Bertz CT molecular complexity index is 1290. The molecule has 0 saturated carbocycles. The van der Waals surface area contributed by atoms with Gasteiger partial charge in [-0.1, -0.05) is 6.07 Å². The molecule has 4 heterocycles. The van der Waals surface area contributed by atoms with E-state index >= 15 is 0 Å². The van der Waals surface area contributed by atoms with E-state index in [1.165, 1.54) is 12.1 Å². The molecule has 0 spiro atoms. The number of thioether (sulfide) groups is 1. The molecule has 10 heteroatoms. The average molecular weight is 505 g/mol. The maximum Gasteiger partial charge on any atom is 0.290 e. The summed E-state index contributed by atoms with van der Waals surface area (Å²) in [5, 5.41) is 5.41. The van der Waals surface area contributed by atoms with Crippen LogP contribution in [-0.2, 0) is 11.3 Å². The molecule has 2 aliphatic heterocycles. The van der Waals surface area contributed by atoms with Crippen molar-refractivity contribution in [2.45, 2.75) is 19.4 Å². The smallest absolute Gasteiger partial charge is 0.290 e. The molecule has 0 aliphatic carbocycles. The average Bonchev–Trinajstić information content (AvgIpc) is 3.21. The first-order valence-corrected chi connectivity index (χ1v) is 12.6. The third kappa shape index (κ3) is 5.95. The van der Waals surface area contributed by atoms with Crippen molar-refractivity contribution in [2.75, 3.05) is 24.5 Å². The molecule has 2 fully saturated rings. The van der Waals surface area contributed by atoms with E-state index in [0.29, 0.717) is 29.0 Å². The zero-order valence-electron chi connectivity index (χ0n) is 19.5. The van der Waals surface area contributed by atoms with E-state index in [4.69, 9.17) is 4.98 Å². The van der Waals surface area contributed by atoms with E-state index in [2.05, 4.69) is 25.5 Å². The number of piperidine rings is 1. The minimum atomic E-state index is -0.393. The number of rotatable bonds is 7. The van der Waals surface area contributed by atoms with Crippen LogP contribution in [0, 0.1) is 11.7 Å². The summed E-state index contributed by atoms with van der Waals surface area (Å²) in [4.78, 5) is 39.3. The first-order chi connectivity index (χ1) is 17.5. The number of pyridine rings is 1. The van der Waals surface area contributed by atoms with Crippen molar-refractivity contribution < 1.29 is 14.0 Å². The molecule has 2 saturated heterocycles. The Labute approximate surface area is 212 Å². The summed E-state index contributed by atoms with van der Waals surface area (Å²) in [6.07, 6.45) is 5.32. The number of anilines is 1. The lowest BCUT2D eigenvalue weighted by Gasteiger charge is -2.32. The van der Waals surface area contributed by atoms with Crippen molar-refractivity contribution in [2.24, 2.45) is 5.92 Å². The molecule has 5 rings (SSSR count). The number of hydrogen-bond acceptors (Lipinski definition) is 8. The first-order valence-electron chi connectivity index (χ1n) is 11.8. The fourth-order valence-electron chi connectivity index (χ4n) is 4.25. The van der Waals surface area contributed by atoms with Crippen molar-refractivity contribution >= 4 is 34.9 Å². The van der Waals surface area contributed by atoms with Crippen LogP contribution in [0.3, 0.4) is 0 Å².